The van der Waals surface area contributed by atoms with Crippen molar-refractivity contribution in [3.05, 3.63) is 30.0 Å². The summed E-state index contributed by atoms with van der Waals surface area (Å²) in [6, 6.07) is 5.90. The van der Waals surface area contributed by atoms with Crippen LogP contribution in [-0.4, -0.2) is 17.5 Å². The van der Waals surface area contributed by atoms with Crippen molar-refractivity contribution < 1.29 is 9.53 Å². The molecule has 0 spiro atoms. The Morgan fingerprint density at radius 2 is 2.29 bits per heavy atom. The molecule has 17 heavy (non-hydrogen) atoms. The monoisotopic (exact) mass is 232 g/mol. The van der Waals surface area contributed by atoms with E-state index in [1.165, 1.54) is 0 Å². The molecule has 0 unspecified atom stereocenters. The van der Waals surface area contributed by atoms with E-state index in [4.69, 9.17) is 10.5 Å². The normalized spacial score (nSPS) is 10.6. The molecule has 0 aliphatic carbocycles. The van der Waals surface area contributed by atoms with E-state index in [1.54, 1.807) is 0 Å². The number of rotatable bonds is 5. The molecular weight excluding hydrogens is 216 g/mol. The van der Waals surface area contributed by atoms with Gasteiger partial charge in [0.2, 0.25) is 5.91 Å². The standard InChI is InChI=1S/C13H16N2O2/c1-2-17-10-4-5-12-11(7-10)9(8-15-12)3-6-13(14)16/h4-5,7-8,15H,2-3,6H2,1H3,(H2,14,16). The quantitative estimate of drug-likeness (QED) is 0.827. The van der Waals surface area contributed by atoms with Crippen LogP contribution < -0.4 is 10.5 Å². The van der Waals surface area contributed by atoms with Crippen LogP contribution in [0.5, 0.6) is 5.75 Å². The van der Waals surface area contributed by atoms with E-state index in [2.05, 4.69) is 4.98 Å². The average Bonchev–Trinajstić information content (AvgIpc) is 2.69. The molecule has 90 valence electrons. The third-order valence-corrected chi connectivity index (χ3v) is 2.69. The number of aryl methyl sites for hydroxylation is 1. The number of ether oxygens (including phenoxy) is 1. The molecule has 0 fully saturated rings. The van der Waals surface area contributed by atoms with Crippen LogP contribution in [0, 0.1) is 0 Å². The summed E-state index contributed by atoms with van der Waals surface area (Å²) in [5.74, 6) is 0.570. The van der Waals surface area contributed by atoms with Gasteiger partial charge >= 0.3 is 0 Å². The van der Waals surface area contributed by atoms with E-state index in [0.29, 0.717) is 19.4 Å². The number of carbonyl (C=O) groups is 1. The molecule has 0 atom stereocenters. The lowest BCUT2D eigenvalue weighted by molar-refractivity contribution is -0.117. The summed E-state index contributed by atoms with van der Waals surface area (Å²) >= 11 is 0. The Bertz CT molecular complexity index is 531. The number of H-pyrrole nitrogens is 1. The molecule has 2 rings (SSSR count). The lowest BCUT2D eigenvalue weighted by atomic mass is 10.1. The molecule has 0 radical (unpaired) electrons. The Morgan fingerprint density at radius 1 is 1.47 bits per heavy atom. The first kappa shape index (κ1) is 11.5. The topological polar surface area (TPSA) is 68.1 Å². The van der Waals surface area contributed by atoms with E-state index in [0.717, 1.165) is 22.2 Å². The first-order valence-corrected chi connectivity index (χ1v) is 5.72. The van der Waals surface area contributed by atoms with Crippen LogP contribution in [0.15, 0.2) is 24.4 Å². The second-order valence-corrected chi connectivity index (χ2v) is 3.92. The smallest absolute Gasteiger partial charge is 0.217 e. The molecule has 4 nitrogen and oxygen atoms in total. The molecular formula is C13H16N2O2. The Balaban J connectivity index is 2.29. The van der Waals surface area contributed by atoms with Crippen molar-refractivity contribution in [2.24, 2.45) is 5.73 Å². The Kier molecular flexibility index (Phi) is 3.32. The SMILES string of the molecule is CCOc1ccc2[nH]cc(CCC(N)=O)c2c1. The predicted molar refractivity (Wildman–Crippen MR) is 67.0 cm³/mol. The van der Waals surface area contributed by atoms with E-state index in [9.17, 15) is 4.79 Å². The van der Waals surface area contributed by atoms with Gasteiger partial charge in [0.25, 0.3) is 0 Å². The zero-order valence-electron chi connectivity index (χ0n) is 9.82. The van der Waals surface area contributed by atoms with Crippen LogP contribution in [0.3, 0.4) is 0 Å². The molecule has 4 heteroatoms. The first-order chi connectivity index (χ1) is 8.20. The molecule has 0 aliphatic heterocycles. The van der Waals surface area contributed by atoms with Crippen molar-refractivity contribution in [3.63, 3.8) is 0 Å². The van der Waals surface area contributed by atoms with E-state index < -0.39 is 0 Å². The van der Waals surface area contributed by atoms with Gasteiger partial charge in [-0.25, -0.2) is 0 Å². The molecule has 0 saturated carbocycles. The number of benzene rings is 1. The Labute approximate surface area is 99.8 Å². The molecule has 1 aromatic heterocycles. The Morgan fingerprint density at radius 3 is 3.00 bits per heavy atom. The summed E-state index contributed by atoms with van der Waals surface area (Å²) in [6.07, 6.45) is 2.94. The van der Waals surface area contributed by atoms with Gasteiger partial charge in [0, 0.05) is 23.5 Å². The van der Waals surface area contributed by atoms with Gasteiger partial charge in [-0.3, -0.25) is 4.79 Å². The fourth-order valence-corrected chi connectivity index (χ4v) is 1.88. The van der Waals surface area contributed by atoms with Crippen LogP contribution in [0.1, 0.15) is 18.9 Å². The van der Waals surface area contributed by atoms with Crippen molar-refractivity contribution in [3.8, 4) is 5.75 Å². The first-order valence-electron chi connectivity index (χ1n) is 5.72. The van der Waals surface area contributed by atoms with E-state index >= 15 is 0 Å². The third kappa shape index (κ3) is 2.58. The van der Waals surface area contributed by atoms with Crippen molar-refractivity contribution >= 4 is 16.8 Å². The molecule has 1 amide bonds. The maximum absolute atomic E-state index is 10.8. The number of amides is 1. The van der Waals surface area contributed by atoms with Gasteiger partial charge in [0.05, 0.1) is 6.61 Å². The lowest BCUT2D eigenvalue weighted by Gasteiger charge is -2.03. The minimum absolute atomic E-state index is 0.277. The fourth-order valence-electron chi connectivity index (χ4n) is 1.88. The van der Waals surface area contributed by atoms with Crippen LogP contribution in [0.25, 0.3) is 10.9 Å². The van der Waals surface area contributed by atoms with Crippen LogP contribution in [0.2, 0.25) is 0 Å². The second-order valence-electron chi connectivity index (χ2n) is 3.92. The van der Waals surface area contributed by atoms with Crippen LogP contribution in [-0.2, 0) is 11.2 Å². The highest BCUT2D eigenvalue weighted by Gasteiger charge is 2.06. The highest BCUT2D eigenvalue weighted by Crippen LogP contribution is 2.24. The minimum atomic E-state index is -0.277. The summed E-state index contributed by atoms with van der Waals surface area (Å²) in [4.78, 5) is 14.0. The maximum Gasteiger partial charge on any atom is 0.217 e. The maximum atomic E-state index is 10.8. The fraction of sp³-hybridized carbons (Fsp3) is 0.308. The summed E-state index contributed by atoms with van der Waals surface area (Å²) in [5, 5.41) is 1.09. The zero-order valence-corrected chi connectivity index (χ0v) is 9.82. The number of carbonyl (C=O) groups excluding carboxylic acids is 1. The molecule has 3 N–H and O–H groups in total. The van der Waals surface area contributed by atoms with Crippen LogP contribution in [0.4, 0.5) is 0 Å². The van der Waals surface area contributed by atoms with Gasteiger partial charge in [-0.1, -0.05) is 0 Å². The highest BCUT2D eigenvalue weighted by atomic mass is 16.5. The molecule has 1 heterocycles. The van der Waals surface area contributed by atoms with Crippen molar-refractivity contribution in [1.82, 2.24) is 4.98 Å². The van der Waals surface area contributed by atoms with Gasteiger partial charge in [-0.05, 0) is 37.1 Å². The summed E-state index contributed by atoms with van der Waals surface area (Å²) in [6.45, 7) is 2.60. The van der Waals surface area contributed by atoms with Gasteiger partial charge in [0.1, 0.15) is 5.75 Å². The molecule has 0 bridgehead atoms. The minimum Gasteiger partial charge on any atom is -0.494 e. The summed E-state index contributed by atoms with van der Waals surface area (Å²) < 4.78 is 5.46. The average molecular weight is 232 g/mol. The van der Waals surface area contributed by atoms with Gasteiger partial charge in [0.15, 0.2) is 0 Å². The van der Waals surface area contributed by atoms with E-state index in [-0.39, 0.29) is 5.91 Å². The predicted octanol–water partition coefficient (Wildman–Crippen LogP) is 1.98. The number of hydrogen-bond donors (Lipinski definition) is 2. The molecule has 1 aromatic carbocycles. The number of nitrogens with two attached hydrogens (primary N) is 1. The molecule has 0 aliphatic rings. The Hall–Kier alpha value is -1.97. The number of fused-ring (bicyclic) bond motifs is 1. The van der Waals surface area contributed by atoms with Crippen molar-refractivity contribution in [2.75, 3.05) is 6.61 Å². The third-order valence-electron chi connectivity index (χ3n) is 2.69. The van der Waals surface area contributed by atoms with Gasteiger partial charge in [-0.2, -0.15) is 0 Å². The van der Waals surface area contributed by atoms with Crippen LogP contribution >= 0.6 is 0 Å². The summed E-state index contributed by atoms with van der Waals surface area (Å²) in [5.41, 5.74) is 7.30. The number of nitrogens with one attached hydrogen (secondary N) is 1. The summed E-state index contributed by atoms with van der Waals surface area (Å²) in [7, 11) is 0. The van der Waals surface area contributed by atoms with Crippen molar-refractivity contribution in [1.29, 1.82) is 0 Å². The molecule has 0 saturated heterocycles. The lowest BCUT2D eigenvalue weighted by Crippen LogP contribution is -2.10. The highest BCUT2D eigenvalue weighted by molar-refractivity contribution is 5.85. The number of primary amides is 1. The van der Waals surface area contributed by atoms with E-state index in [1.807, 2.05) is 31.3 Å². The van der Waals surface area contributed by atoms with Gasteiger partial charge < -0.3 is 15.5 Å². The van der Waals surface area contributed by atoms with Crippen molar-refractivity contribution in [2.45, 2.75) is 19.8 Å². The number of hydrogen-bond acceptors (Lipinski definition) is 2. The molecule has 2 aromatic rings. The largest absolute Gasteiger partial charge is 0.494 e. The number of aromatic amines is 1. The zero-order chi connectivity index (χ0) is 12.3. The van der Waals surface area contributed by atoms with Gasteiger partial charge in [-0.15, -0.1) is 0 Å². The second kappa shape index (κ2) is 4.91. The number of aromatic nitrogens is 1.